The SMILES string of the molecule is FC(F)(F)c1ccc2c(NC3CCNCC3)nc(NCc3cn(CCCNCCCNC4CCCCC4)nn3)nc2c1. The van der Waals surface area contributed by atoms with E-state index in [1.807, 2.05) is 10.9 Å². The van der Waals surface area contributed by atoms with Crippen LogP contribution in [0.15, 0.2) is 24.4 Å². The fourth-order valence-electron chi connectivity index (χ4n) is 5.67. The van der Waals surface area contributed by atoms with Gasteiger partial charge in [0.05, 0.1) is 23.8 Å². The van der Waals surface area contributed by atoms with Gasteiger partial charge in [0.2, 0.25) is 5.95 Å². The average molecular weight is 589 g/mol. The number of nitrogens with one attached hydrogen (secondary N) is 5. The Kier molecular flexibility index (Phi) is 10.8. The summed E-state index contributed by atoms with van der Waals surface area (Å²) in [5.41, 5.74) is 0.207. The molecule has 0 amide bonds. The summed E-state index contributed by atoms with van der Waals surface area (Å²) in [7, 11) is 0. The predicted octanol–water partition coefficient (Wildman–Crippen LogP) is 4.31. The Morgan fingerprint density at radius 1 is 0.929 bits per heavy atom. The van der Waals surface area contributed by atoms with E-state index in [0.29, 0.717) is 29.5 Å². The average Bonchev–Trinajstić information content (AvgIpc) is 3.45. The minimum atomic E-state index is -4.45. The lowest BCUT2D eigenvalue weighted by molar-refractivity contribution is -0.137. The summed E-state index contributed by atoms with van der Waals surface area (Å²) >= 11 is 0. The van der Waals surface area contributed by atoms with E-state index in [2.05, 4.69) is 46.9 Å². The van der Waals surface area contributed by atoms with Crippen LogP contribution in [0.4, 0.5) is 24.9 Å². The maximum Gasteiger partial charge on any atom is 0.416 e. The molecule has 3 aromatic rings. The van der Waals surface area contributed by atoms with Crippen molar-refractivity contribution in [2.45, 2.75) is 89.1 Å². The second-order valence-electron chi connectivity index (χ2n) is 11.4. The van der Waals surface area contributed by atoms with E-state index in [1.165, 1.54) is 38.2 Å². The fraction of sp³-hybridized carbons (Fsp3) is 0.655. The van der Waals surface area contributed by atoms with Gasteiger partial charge in [0, 0.05) is 24.0 Å². The fourth-order valence-corrected chi connectivity index (χ4v) is 5.67. The molecule has 10 nitrogen and oxygen atoms in total. The number of hydrogen-bond donors (Lipinski definition) is 5. The summed E-state index contributed by atoms with van der Waals surface area (Å²) in [5, 5.41) is 26.1. The molecule has 1 saturated heterocycles. The van der Waals surface area contributed by atoms with Crippen molar-refractivity contribution < 1.29 is 13.2 Å². The summed E-state index contributed by atoms with van der Waals surface area (Å²) in [6.45, 7) is 5.80. The molecule has 0 bridgehead atoms. The highest BCUT2D eigenvalue weighted by Crippen LogP contribution is 2.33. The number of aromatic nitrogens is 5. The molecule has 1 aliphatic heterocycles. The Morgan fingerprint density at radius 2 is 1.74 bits per heavy atom. The molecule has 0 atom stereocenters. The third kappa shape index (κ3) is 8.98. The minimum absolute atomic E-state index is 0.187. The summed E-state index contributed by atoms with van der Waals surface area (Å²) in [4.78, 5) is 9.02. The van der Waals surface area contributed by atoms with Gasteiger partial charge < -0.3 is 26.6 Å². The van der Waals surface area contributed by atoms with Crippen LogP contribution in [-0.2, 0) is 19.3 Å². The largest absolute Gasteiger partial charge is 0.416 e. The van der Waals surface area contributed by atoms with Gasteiger partial charge in [-0.2, -0.15) is 18.2 Å². The number of halogens is 3. The zero-order chi connectivity index (χ0) is 29.2. The molecule has 42 heavy (non-hydrogen) atoms. The van der Waals surface area contributed by atoms with Gasteiger partial charge in [-0.25, -0.2) is 4.98 Å². The maximum absolute atomic E-state index is 13.4. The molecule has 3 heterocycles. The van der Waals surface area contributed by atoms with Crippen molar-refractivity contribution >= 4 is 22.7 Å². The van der Waals surface area contributed by atoms with Crippen LogP contribution in [0.25, 0.3) is 10.9 Å². The van der Waals surface area contributed by atoms with Crippen LogP contribution < -0.4 is 26.6 Å². The van der Waals surface area contributed by atoms with Crippen molar-refractivity contribution in [3.8, 4) is 0 Å². The first kappa shape index (κ1) is 30.4. The highest BCUT2D eigenvalue weighted by atomic mass is 19.4. The highest BCUT2D eigenvalue weighted by Gasteiger charge is 2.31. The molecule has 5 rings (SSSR count). The number of fused-ring (bicyclic) bond motifs is 1. The molecule has 2 fully saturated rings. The van der Waals surface area contributed by atoms with Gasteiger partial charge in [0.15, 0.2) is 0 Å². The van der Waals surface area contributed by atoms with Gasteiger partial charge in [0.1, 0.15) is 11.5 Å². The van der Waals surface area contributed by atoms with E-state index >= 15 is 0 Å². The minimum Gasteiger partial charge on any atom is -0.367 e. The lowest BCUT2D eigenvalue weighted by atomic mass is 9.95. The Bertz CT molecular complexity index is 1250. The third-order valence-electron chi connectivity index (χ3n) is 8.03. The first-order valence-electron chi connectivity index (χ1n) is 15.4. The summed E-state index contributed by atoms with van der Waals surface area (Å²) in [6.07, 6.45) is 8.03. The van der Waals surface area contributed by atoms with Crippen LogP contribution in [-0.4, -0.2) is 69.8 Å². The first-order chi connectivity index (χ1) is 20.4. The number of anilines is 2. The summed E-state index contributed by atoms with van der Waals surface area (Å²) < 4.78 is 42.0. The molecular formula is C29H43F3N10. The van der Waals surface area contributed by atoms with Crippen LogP contribution >= 0.6 is 0 Å². The van der Waals surface area contributed by atoms with Crippen LogP contribution in [0.1, 0.15) is 69.0 Å². The van der Waals surface area contributed by atoms with Gasteiger partial charge in [0.25, 0.3) is 0 Å². The zero-order valence-electron chi connectivity index (χ0n) is 24.1. The lowest BCUT2D eigenvalue weighted by Gasteiger charge is -2.25. The van der Waals surface area contributed by atoms with E-state index in [4.69, 9.17) is 0 Å². The molecule has 230 valence electrons. The first-order valence-corrected chi connectivity index (χ1v) is 15.4. The van der Waals surface area contributed by atoms with Crippen molar-refractivity contribution in [2.75, 3.05) is 43.4 Å². The molecule has 2 aliphatic rings. The van der Waals surface area contributed by atoms with Crippen molar-refractivity contribution in [2.24, 2.45) is 0 Å². The molecule has 5 N–H and O–H groups in total. The molecule has 0 unspecified atom stereocenters. The Labute approximate surface area is 245 Å². The molecule has 1 aromatic carbocycles. The predicted molar refractivity (Wildman–Crippen MR) is 158 cm³/mol. The molecule has 1 aliphatic carbocycles. The van der Waals surface area contributed by atoms with Crippen molar-refractivity contribution in [1.82, 2.24) is 40.9 Å². The van der Waals surface area contributed by atoms with Crippen molar-refractivity contribution in [1.29, 1.82) is 0 Å². The second kappa shape index (κ2) is 14.9. The number of nitrogens with zero attached hydrogens (tertiary/aromatic N) is 5. The van der Waals surface area contributed by atoms with Crippen LogP contribution in [0.3, 0.4) is 0 Å². The summed E-state index contributed by atoms with van der Waals surface area (Å²) in [5.74, 6) is 0.777. The van der Waals surface area contributed by atoms with Gasteiger partial charge in [-0.1, -0.05) is 24.5 Å². The van der Waals surface area contributed by atoms with Crippen LogP contribution in [0.2, 0.25) is 0 Å². The Morgan fingerprint density at radius 3 is 2.55 bits per heavy atom. The Balaban J connectivity index is 1.10. The molecule has 1 saturated carbocycles. The summed E-state index contributed by atoms with van der Waals surface area (Å²) in [6, 6.07) is 4.50. The van der Waals surface area contributed by atoms with Gasteiger partial charge in [-0.15, -0.1) is 5.10 Å². The third-order valence-corrected chi connectivity index (χ3v) is 8.03. The second-order valence-corrected chi connectivity index (χ2v) is 11.4. The lowest BCUT2D eigenvalue weighted by Crippen LogP contribution is -2.35. The van der Waals surface area contributed by atoms with E-state index in [1.54, 1.807) is 0 Å². The molecule has 0 radical (unpaired) electrons. The van der Waals surface area contributed by atoms with Crippen LogP contribution in [0, 0.1) is 0 Å². The van der Waals surface area contributed by atoms with Crippen LogP contribution in [0.5, 0.6) is 0 Å². The standard InChI is InChI=1S/C29H43F3N10/c30-29(31,32)21-8-9-25-26(18-21)38-28(39-27(25)37-23-10-15-34-16-11-23)36-19-24-20-42(41-40-24)17-5-13-33-12-4-14-35-22-6-2-1-3-7-22/h8-9,18,20,22-23,33-35H,1-7,10-17,19H2,(H2,36,37,38,39). The van der Waals surface area contributed by atoms with Gasteiger partial charge in [-0.3, -0.25) is 4.68 Å². The quantitative estimate of drug-likeness (QED) is 0.176. The molecule has 13 heteroatoms. The van der Waals surface area contributed by atoms with E-state index < -0.39 is 11.7 Å². The molecule has 0 spiro atoms. The number of hydrogen-bond acceptors (Lipinski definition) is 9. The van der Waals surface area contributed by atoms with Crippen molar-refractivity contribution in [3.63, 3.8) is 0 Å². The van der Waals surface area contributed by atoms with E-state index in [9.17, 15) is 13.2 Å². The monoisotopic (exact) mass is 588 g/mol. The van der Waals surface area contributed by atoms with E-state index in [0.717, 1.165) is 77.1 Å². The van der Waals surface area contributed by atoms with E-state index in [-0.39, 0.29) is 17.5 Å². The molecular weight excluding hydrogens is 545 g/mol. The number of aryl methyl sites for hydroxylation is 1. The molecule has 2 aromatic heterocycles. The Hall–Kier alpha value is -3.03. The number of benzene rings is 1. The van der Waals surface area contributed by atoms with Gasteiger partial charge in [-0.05, 0) is 89.4 Å². The number of piperidine rings is 1. The maximum atomic E-state index is 13.4. The smallest absolute Gasteiger partial charge is 0.367 e. The zero-order valence-corrected chi connectivity index (χ0v) is 24.1. The topological polar surface area (TPSA) is 117 Å². The highest BCUT2D eigenvalue weighted by molar-refractivity contribution is 5.90. The normalized spacial score (nSPS) is 17.1. The number of rotatable bonds is 14. The number of alkyl halides is 3. The van der Waals surface area contributed by atoms with Crippen molar-refractivity contribution in [3.05, 3.63) is 35.7 Å². The van der Waals surface area contributed by atoms with Gasteiger partial charge >= 0.3 is 6.18 Å².